The Morgan fingerprint density at radius 3 is 2.50 bits per heavy atom. The van der Waals surface area contributed by atoms with Crippen molar-refractivity contribution in [2.24, 2.45) is 10.7 Å². The second kappa shape index (κ2) is 7.27. The molecule has 4 nitrogen and oxygen atoms in total. The molecule has 0 fully saturated rings. The zero-order chi connectivity index (χ0) is 18.7. The van der Waals surface area contributed by atoms with Gasteiger partial charge >= 0.3 is 6.61 Å². The molecule has 0 aliphatic carbocycles. The van der Waals surface area contributed by atoms with Crippen LogP contribution >= 0.6 is 0 Å². The predicted octanol–water partition coefficient (Wildman–Crippen LogP) is 3.30. The minimum absolute atomic E-state index is 0.0181. The third-order valence-electron chi connectivity index (χ3n) is 4.53. The summed E-state index contributed by atoms with van der Waals surface area (Å²) in [6.07, 6.45) is -0.0181. The minimum atomic E-state index is -2.96. The number of likely N-dealkylation sites (N-methyl/N-ethyl adjacent to an activating group) is 1. The Kier molecular flexibility index (Phi) is 5.06. The second-order valence-electron chi connectivity index (χ2n) is 6.19. The molecule has 1 atom stereocenters. The van der Waals surface area contributed by atoms with Crippen LogP contribution in [0.15, 0.2) is 53.5 Å². The molecule has 1 aliphatic rings. The molecule has 0 bridgehead atoms. The molecular weight excluding hydrogens is 343 g/mol. The van der Waals surface area contributed by atoms with Gasteiger partial charge in [-0.15, -0.1) is 0 Å². The van der Waals surface area contributed by atoms with Crippen molar-refractivity contribution in [3.05, 3.63) is 65.2 Å². The van der Waals surface area contributed by atoms with Crippen LogP contribution in [0.2, 0.25) is 0 Å². The highest BCUT2D eigenvalue weighted by atomic mass is 19.3. The number of halogens is 3. The van der Waals surface area contributed by atoms with Crippen molar-refractivity contribution in [3.63, 3.8) is 0 Å². The monoisotopic (exact) mass is 363 g/mol. The Morgan fingerprint density at radius 1 is 1.19 bits per heavy atom. The Labute approximate surface area is 150 Å². The van der Waals surface area contributed by atoms with Crippen LogP contribution in [-0.2, 0) is 12.0 Å². The SMILES string of the molecule is CN1CC(c2ccccc2)(c2ccc(OC(F)F)c(CCF)c2)N=C1N. The highest BCUT2D eigenvalue weighted by Crippen LogP contribution is 2.39. The molecule has 0 saturated heterocycles. The summed E-state index contributed by atoms with van der Waals surface area (Å²) in [5.41, 5.74) is 7.28. The molecular formula is C19H20F3N3O. The van der Waals surface area contributed by atoms with E-state index in [0.29, 0.717) is 18.1 Å². The van der Waals surface area contributed by atoms with E-state index in [1.165, 1.54) is 6.07 Å². The fraction of sp³-hybridized carbons (Fsp3) is 0.316. The normalized spacial score (nSPS) is 19.7. The lowest BCUT2D eigenvalue weighted by molar-refractivity contribution is -0.0505. The van der Waals surface area contributed by atoms with Gasteiger partial charge in [0.1, 0.15) is 11.3 Å². The van der Waals surface area contributed by atoms with E-state index in [-0.39, 0.29) is 12.2 Å². The lowest BCUT2D eigenvalue weighted by atomic mass is 9.82. The number of aryl methyl sites for hydroxylation is 1. The first-order valence-corrected chi connectivity index (χ1v) is 8.22. The van der Waals surface area contributed by atoms with Gasteiger partial charge in [0.05, 0.1) is 13.2 Å². The van der Waals surface area contributed by atoms with E-state index in [0.717, 1.165) is 11.1 Å². The third kappa shape index (κ3) is 3.34. The van der Waals surface area contributed by atoms with Crippen molar-refractivity contribution in [1.29, 1.82) is 0 Å². The largest absolute Gasteiger partial charge is 0.435 e. The van der Waals surface area contributed by atoms with E-state index in [9.17, 15) is 13.2 Å². The van der Waals surface area contributed by atoms with Gasteiger partial charge in [0.25, 0.3) is 0 Å². The smallest absolute Gasteiger partial charge is 0.387 e. The molecule has 1 unspecified atom stereocenters. The number of alkyl halides is 3. The number of aliphatic imine (C=N–C) groups is 1. The van der Waals surface area contributed by atoms with Crippen LogP contribution in [0.1, 0.15) is 16.7 Å². The van der Waals surface area contributed by atoms with E-state index in [4.69, 9.17) is 5.73 Å². The molecule has 0 aromatic heterocycles. The van der Waals surface area contributed by atoms with Crippen molar-refractivity contribution < 1.29 is 17.9 Å². The lowest BCUT2D eigenvalue weighted by Crippen LogP contribution is -2.34. The standard InChI is InChI=1S/C19H20F3N3O/c1-25-12-19(24-18(25)23,14-5-3-2-4-6-14)15-7-8-16(26-17(21)22)13(11-15)9-10-20/h2-8,11,17H,9-10,12H2,1H3,(H2,23,24). The van der Waals surface area contributed by atoms with Gasteiger partial charge in [-0.1, -0.05) is 36.4 Å². The Morgan fingerprint density at radius 2 is 1.92 bits per heavy atom. The number of hydrogen-bond donors (Lipinski definition) is 1. The van der Waals surface area contributed by atoms with Gasteiger partial charge in [0.2, 0.25) is 0 Å². The third-order valence-corrected chi connectivity index (χ3v) is 4.53. The summed E-state index contributed by atoms with van der Waals surface area (Å²) in [4.78, 5) is 6.50. The second-order valence-corrected chi connectivity index (χ2v) is 6.19. The summed E-state index contributed by atoms with van der Waals surface area (Å²) in [6.45, 7) is -3.15. The summed E-state index contributed by atoms with van der Waals surface area (Å²) in [5, 5.41) is 0. The van der Waals surface area contributed by atoms with Crippen LogP contribution in [-0.4, -0.2) is 37.7 Å². The molecule has 3 rings (SSSR count). The predicted molar refractivity (Wildman–Crippen MR) is 94.2 cm³/mol. The summed E-state index contributed by atoms with van der Waals surface area (Å²) in [7, 11) is 1.83. The summed E-state index contributed by atoms with van der Waals surface area (Å²) < 4.78 is 42.7. The molecule has 138 valence electrons. The van der Waals surface area contributed by atoms with E-state index in [2.05, 4.69) is 9.73 Å². The average Bonchev–Trinajstić information content (AvgIpc) is 2.93. The van der Waals surface area contributed by atoms with E-state index in [1.807, 2.05) is 42.3 Å². The van der Waals surface area contributed by atoms with Crippen molar-refractivity contribution in [1.82, 2.24) is 4.90 Å². The summed E-state index contributed by atoms with van der Waals surface area (Å²) >= 11 is 0. The maximum Gasteiger partial charge on any atom is 0.387 e. The minimum Gasteiger partial charge on any atom is -0.435 e. The van der Waals surface area contributed by atoms with Gasteiger partial charge in [-0.2, -0.15) is 8.78 Å². The van der Waals surface area contributed by atoms with Gasteiger partial charge in [-0.05, 0) is 28.8 Å². The van der Waals surface area contributed by atoms with Crippen molar-refractivity contribution in [2.75, 3.05) is 20.3 Å². The molecule has 26 heavy (non-hydrogen) atoms. The molecule has 2 aromatic rings. The van der Waals surface area contributed by atoms with Crippen LogP contribution < -0.4 is 10.5 Å². The van der Waals surface area contributed by atoms with Crippen molar-refractivity contribution in [2.45, 2.75) is 18.6 Å². The fourth-order valence-electron chi connectivity index (χ4n) is 3.28. The Hall–Kier alpha value is -2.70. The lowest BCUT2D eigenvalue weighted by Gasteiger charge is -2.29. The van der Waals surface area contributed by atoms with Gasteiger partial charge in [-0.25, -0.2) is 4.99 Å². The molecule has 2 N–H and O–H groups in total. The van der Waals surface area contributed by atoms with Gasteiger partial charge < -0.3 is 15.4 Å². The van der Waals surface area contributed by atoms with Crippen molar-refractivity contribution >= 4 is 5.96 Å². The molecule has 0 radical (unpaired) electrons. The zero-order valence-electron chi connectivity index (χ0n) is 14.3. The van der Waals surface area contributed by atoms with Crippen LogP contribution in [0.4, 0.5) is 13.2 Å². The van der Waals surface area contributed by atoms with Crippen LogP contribution in [0.25, 0.3) is 0 Å². The molecule has 0 saturated carbocycles. The first-order valence-electron chi connectivity index (χ1n) is 8.22. The summed E-state index contributed by atoms with van der Waals surface area (Å²) in [5.74, 6) is 0.363. The summed E-state index contributed by atoms with van der Waals surface area (Å²) in [6, 6.07) is 14.4. The van der Waals surface area contributed by atoms with E-state index in [1.54, 1.807) is 12.1 Å². The number of benzene rings is 2. The molecule has 0 spiro atoms. The molecule has 7 heteroatoms. The Bertz CT molecular complexity index is 798. The number of hydrogen-bond acceptors (Lipinski definition) is 4. The highest BCUT2D eigenvalue weighted by molar-refractivity contribution is 5.81. The first kappa shape index (κ1) is 18.1. The number of guanidine groups is 1. The first-order chi connectivity index (χ1) is 12.5. The van der Waals surface area contributed by atoms with Gasteiger partial charge in [0, 0.05) is 13.5 Å². The topological polar surface area (TPSA) is 50.8 Å². The van der Waals surface area contributed by atoms with Crippen LogP contribution in [0.3, 0.4) is 0 Å². The van der Waals surface area contributed by atoms with E-state index < -0.39 is 18.8 Å². The number of nitrogens with zero attached hydrogens (tertiary/aromatic N) is 2. The van der Waals surface area contributed by atoms with Gasteiger partial charge in [-0.3, -0.25) is 4.39 Å². The molecule has 1 heterocycles. The molecule has 1 aliphatic heterocycles. The van der Waals surface area contributed by atoms with E-state index >= 15 is 0 Å². The average molecular weight is 363 g/mol. The highest BCUT2D eigenvalue weighted by Gasteiger charge is 2.41. The van der Waals surface area contributed by atoms with Crippen LogP contribution in [0, 0.1) is 0 Å². The molecule has 2 aromatic carbocycles. The van der Waals surface area contributed by atoms with Gasteiger partial charge in [0.15, 0.2) is 5.96 Å². The zero-order valence-corrected chi connectivity index (χ0v) is 14.3. The molecule has 0 amide bonds. The maximum absolute atomic E-state index is 12.9. The number of rotatable bonds is 6. The fourth-order valence-corrected chi connectivity index (χ4v) is 3.28. The number of nitrogens with two attached hydrogens (primary N) is 1. The Balaban J connectivity index is 2.12. The van der Waals surface area contributed by atoms with Crippen LogP contribution in [0.5, 0.6) is 5.75 Å². The maximum atomic E-state index is 12.9. The number of ether oxygens (including phenoxy) is 1. The quantitative estimate of drug-likeness (QED) is 0.857. The van der Waals surface area contributed by atoms with Crippen molar-refractivity contribution in [3.8, 4) is 5.75 Å².